The molecule has 2 heterocycles. The van der Waals surface area contributed by atoms with Crippen LogP contribution in [0.2, 0.25) is 0 Å². The number of H-pyrrole nitrogens is 1. The number of rotatable bonds is 3. The summed E-state index contributed by atoms with van der Waals surface area (Å²) in [5.74, 6) is 1.59. The average Bonchev–Trinajstić information content (AvgIpc) is 2.94. The summed E-state index contributed by atoms with van der Waals surface area (Å²) < 4.78 is 3.13. The number of nitrogens with two attached hydrogens (primary N) is 1. The predicted molar refractivity (Wildman–Crippen MR) is 77.5 cm³/mol. The van der Waals surface area contributed by atoms with Gasteiger partial charge < -0.3 is 10.3 Å². The topological polar surface area (TPSA) is 85.4 Å². The number of nitrogens with zero attached hydrogens (tertiary/aromatic N) is 4. The van der Waals surface area contributed by atoms with Gasteiger partial charge in [0.15, 0.2) is 11.6 Å². The number of aromatic nitrogens is 5. The van der Waals surface area contributed by atoms with Crippen LogP contribution in [0, 0.1) is 0 Å². The summed E-state index contributed by atoms with van der Waals surface area (Å²) in [6.07, 6.45) is 1.01. The van der Waals surface area contributed by atoms with Gasteiger partial charge in [0.25, 0.3) is 0 Å². The molecule has 0 aliphatic rings. The maximum absolute atomic E-state index is 5.56. The van der Waals surface area contributed by atoms with E-state index in [9.17, 15) is 0 Å². The fourth-order valence-corrected chi connectivity index (χ4v) is 2.46. The maximum Gasteiger partial charge on any atom is 0.239 e. The fraction of sp³-hybridized carbons (Fsp3) is 0.250. The molecule has 3 aromatic rings. The van der Waals surface area contributed by atoms with Gasteiger partial charge in [-0.15, -0.1) is 5.10 Å². The number of aromatic amines is 1. The zero-order chi connectivity index (χ0) is 13.4. The number of aryl methyl sites for hydroxylation is 1. The van der Waals surface area contributed by atoms with Gasteiger partial charge in [0.1, 0.15) is 0 Å². The Bertz CT molecular complexity index is 729. The molecule has 0 bridgehead atoms. The Balaban J connectivity index is 2.25. The molecule has 2 aromatic heterocycles. The van der Waals surface area contributed by atoms with Crippen molar-refractivity contribution in [3.63, 3.8) is 0 Å². The molecule has 98 valence electrons. The SMILES string of the molecule is CCCn1c(-c2nc(N)n[nH]2)nc2cc(Br)ccc21. The lowest BCUT2D eigenvalue weighted by Gasteiger charge is -2.05. The number of fused-ring (bicyclic) bond motifs is 1. The number of halogens is 1. The smallest absolute Gasteiger partial charge is 0.239 e. The first-order valence-electron chi connectivity index (χ1n) is 6.03. The molecule has 0 aliphatic carbocycles. The molecule has 0 radical (unpaired) electrons. The Kier molecular flexibility index (Phi) is 2.98. The van der Waals surface area contributed by atoms with E-state index in [0.29, 0.717) is 5.82 Å². The van der Waals surface area contributed by atoms with Crippen molar-refractivity contribution in [1.29, 1.82) is 0 Å². The highest BCUT2D eigenvalue weighted by Crippen LogP contribution is 2.25. The quantitative estimate of drug-likeness (QED) is 0.776. The van der Waals surface area contributed by atoms with Gasteiger partial charge >= 0.3 is 0 Å². The molecule has 0 unspecified atom stereocenters. The molecule has 0 saturated heterocycles. The van der Waals surface area contributed by atoms with Crippen LogP contribution in [0.15, 0.2) is 22.7 Å². The molecule has 0 fully saturated rings. The number of nitrogens with one attached hydrogen (secondary N) is 1. The molecule has 3 N–H and O–H groups in total. The zero-order valence-corrected chi connectivity index (χ0v) is 12.0. The number of nitrogen functional groups attached to an aromatic ring is 1. The number of anilines is 1. The summed E-state index contributed by atoms with van der Waals surface area (Å²) in [4.78, 5) is 8.78. The molecule has 0 spiro atoms. The zero-order valence-electron chi connectivity index (χ0n) is 10.4. The largest absolute Gasteiger partial charge is 0.366 e. The van der Waals surface area contributed by atoms with Crippen LogP contribution >= 0.6 is 15.9 Å². The van der Waals surface area contributed by atoms with E-state index in [-0.39, 0.29) is 5.95 Å². The van der Waals surface area contributed by atoms with Crippen molar-refractivity contribution in [2.24, 2.45) is 0 Å². The summed E-state index contributed by atoms with van der Waals surface area (Å²) in [6.45, 7) is 3.00. The highest BCUT2D eigenvalue weighted by atomic mass is 79.9. The van der Waals surface area contributed by atoms with Crippen LogP contribution in [-0.4, -0.2) is 24.7 Å². The van der Waals surface area contributed by atoms with Crippen molar-refractivity contribution < 1.29 is 0 Å². The second kappa shape index (κ2) is 4.65. The van der Waals surface area contributed by atoms with Gasteiger partial charge in [-0.25, -0.2) is 4.98 Å². The number of hydrogen-bond acceptors (Lipinski definition) is 4. The third-order valence-electron chi connectivity index (χ3n) is 2.87. The minimum atomic E-state index is 0.228. The third-order valence-corrected chi connectivity index (χ3v) is 3.37. The lowest BCUT2D eigenvalue weighted by molar-refractivity contribution is 0.700. The van der Waals surface area contributed by atoms with Crippen LogP contribution in [0.5, 0.6) is 0 Å². The van der Waals surface area contributed by atoms with E-state index >= 15 is 0 Å². The molecule has 6 nitrogen and oxygen atoms in total. The molecule has 0 aliphatic heterocycles. The Morgan fingerprint density at radius 1 is 1.37 bits per heavy atom. The third kappa shape index (κ3) is 2.10. The summed E-state index contributed by atoms with van der Waals surface area (Å²) >= 11 is 3.46. The van der Waals surface area contributed by atoms with E-state index in [1.54, 1.807) is 0 Å². The minimum absolute atomic E-state index is 0.228. The number of imidazole rings is 1. The van der Waals surface area contributed by atoms with Crippen molar-refractivity contribution in [2.45, 2.75) is 19.9 Å². The van der Waals surface area contributed by atoms with Crippen molar-refractivity contribution in [3.05, 3.63) is 22.7 Å². The highest BCUT2D eigenvalue weighted by Gasteiger charge is 2.15. The fourth-order valence-electron chi connectivity index (χ4n) is 2.11. The standard InChI is InChI=1S/C12H13BrN6/c1-2-5-19-9-4-3-7(13)6-8(9)15-11(19)10-16-12(14)18-17-10/h3-4,6H,2,5H2,1H3,(H3,14,16,17,18). The molecular formula is C12H13BrN6. The van der Waals surface area contributed by atoms with Crippen molar-refractivity contribution in [3.8, 4) is 11.6 Å². The van der Waals surface area contributed by atoms with Gasteiger partial charge in [0.2, 0.25) is 5.95 Å². The van der Waals surface area contributed by atoms with E-state index in [0.717, 1.165) is 34.3 Å². The van der Waals surface area contributed by atoms with Crippen molar-refractivity contribution >= 4 is 32.9 Å². The van der Waals surface area contributed by atoms with Crippen molar-refractivity contribution in [1.82, 2.24) is 24.7 Å². The second-order valence-electron chi connectivity index (χ2n) is 4.26. The minimum Gasteiger partial charge on any atom is -0.366 e. The van der Waals surface area contributed by atoms with Crippen LogP contribution in [-0.2, 0) is 6.54 Å². The van der Waals surface area contributed by atoms with E-state index in [1.165, 1.54) is 0 Å². The van der Waals surface area contributed by atoms with Crippen LogP contribution < -0.4 is 5.73 Å². The Morgan fingerprint density at radius 2 is 2.21 bits per heavy atom. The van der Waals surface area contributed by atoms with Crippen LogP contribution in [0.1, 0.15) is 13.3 Å². The molecule has 0 amide bonds. The van der Waals surface area contributed by atoms with Crippen LogP contribution in [0.4, 0.5) is 5.95 Å². The van der Waals surface area contributed by atoms with Gasteiger partial charge in [-0.3, -0.25) is 5.10 Å². The average molecular weight is 321 g/mol. The number of benzene rings is 1. The summed E-state index contributed by atoms with van der Waals surface area (Å²) in [5.41, 5.74) is 7.56. The van der Waals surface area contributed by atoms with Crippen molar-refractivity contribution in [2.75, 3.05) is 5.73 Å². The van der Waals surface area contributed by atoms with Gasteiger partial charge in [-0.1, -0.05) is 22.9 Å². The van der Waals surface area contributed by atoms with Gasteiger partial charge in [-0.2, -0.15) is 4.98 Å². The lowest BCUT2D eigenvalue weighted by atomic mass is 10.3. The Morgan fingerprint density at radius 3 is 2.89 bits per heavy atom. The number of hydrogen-bond donors (Lipinski definition) is 2. The molecule has 0 saturated carbocycles. The summed E-state index contributed by atoms with van der Waals surface area (Å²) in [6, 6.07) is 6.05. The predicted octanol–water partition coefficient (Wildman–Crippen LogP) is 2.58. The second-order valence-corrected chi connectivity index (χ2v) is 5.18. The van der Waals surface area contributed by atoms with Gasteiger partial charge in [0.05, 0.1) is 11.0 Å². The first kappa shape index (κ1) is 12.2. The maximum atomic E-state index is 5.56. The summed E-state index contributed by atoms with van der Waals surface area (Å²) in [7, 11) is 0. The molecule has 7 heteroatoms. The van der Waals surface area contributed by atoms with E-state index in [2.05, 4.69) is 47.6 Å². The molecule has 3 rings (SSSR count). The summed E-state index contributed by atoms with van der Waals surface area (Å²) in [5, 5.41) is 6.68. The van der Waals surface area contributed by atoms with E-state index < -0.39 is 0 Å². The van der Waals surface area contributed by atoms with E-state index in [1.807, 2.05) is 18.2 Å². The Labute approximate surface area is 118 Å². The van der Waals surface area contributed by atoms with Crippen LogP contribution in [0.25, 0.3) is 22.7 Å². The van der Waals surface area contributed by atoms with Gasteiger partial charge in [-0.05, 0) is 24.6 Å². The molecular weight excluding hydrogens is 308 g/mol. The highest BCUT2D eigenvalue weighted by molar-refractivity contribution is 9.10. The monoisotopic (exact) mass is 320 g/mol. The lowest BCUT2D eigenvalue weighted by Crippen LogP contribution is -2.00. The molecule has 1 aromatic carbocycles. The molecule has 19 heavy (non-hydrogen) atoms. The first-order chi connectivity index (χ1) is 9.19. The Hall–Kier alpha value is -1.89. The molecule has 0 atom stereocenters. The normalized spacial score (nSPS) is 11.3. The first-order valence-corrected chi connectivity index (χ1v) is 6.82. The van der Waals surface area contributed by atoms with E-state index in [4.69, 9.17) is 5.73 Å². The van der Waals surface area contributed by atoms with Crippen LogP contribution in [0.3, 0.4) is 0 Å². The van der Waals surface area contributed by atoms with Gasteiger partial charge in [0, 0.05) is 11.0 Å².